The molecule has 0 heterocycles. The van der Waals surface area contributed by atoms with Gasteiger partial charge in [0.05, 0.1) is 0 Å². The topological polar surface area (TPSA) is 63.6 Å². The minimum atomic E-state index is -1.11. The fourth-order valence-electron chi connectivity index (χ4n) is 1.28. The van der Waals surface area contributed by atoms with Crippen LogP contribution in [-0.4, -0.2) is 17.0 Å². The van der Waals surface area contributed by atoms with Crippen LogP contribution in [0.15, 0.2) is 24.3 Å². The molecule has 1 aromatic rings. The van der Waals surface area contributed by atoms with Crippen molar-refractivity contribution in [1.29, 1.82) is 0 Å². The van der Waals surface area contributed by atoms with E-state index in [1.165, 1.54) is 36.8 Å². The van der Waals surface area contributed by atoms with E-state index in [4.69, 9.17) is 27.5 Å². The Balaban J connectivity index is 0.00000166. The molecule has 52 heavy (non-hydrogen) atoms. The summed E-state index contributed by atoms with van der Waals surface area (Å²) in [5, 5.41) is 8.69. The molecule has 0 bridgehead atoms. The number of benzene rings is 1. The molecule has 1 rings (SSSR count). The average molecular weight is 1430 g/mol. The van der Waals surface area contributed by atoms with E-state index >= 15 is 0 Å². The van der Waals surface area contributed by atoms with Gasteiger partial charge in [0.25, 0.3) is 0 Å². The van der Waals surface area contributed by atoms with Crippen molar-refractivity contribution in [3.8, 4) is 5.75 Å². The van der Waals surface area contributed by atoms with Crippen molar-refractivity contribution in [2.75, 3.05) is 0 Å². The summed E-state index contributed by atoms with van der Waals surface area (Å²) < 4.78 is 4.69. The standard InChI is InChI=1S/C9H8O4.S39/c1-6(10)13-8-5-3-2-4-7(8)9(11)12;1-3-5-7-9-11-13-15-17-19-21-23-25-27-29-31-33-35-37-39-38-36-34-32-30-28-26-24-22-20-18-16-14-12-10-8-6-4-2/h2-5H,1H3,(H,11,12);. The normalized spacial score (nSPS) is 8.10. The van der Waals surface area contributed by atoms with Crippen molar-refractivity contribution >= 4 is 363 Å². The first kappa shape index (κ1) is 58.7. The second-order valence-electron chi connectivity index (χ2n) is 4.91. The highest BCUT2D eigenvalue weighted by atomic mass is 33.5. The van der Waals surface area contributed by atoms with E-state index in [0.29, 0.717) is 0 Å². The van der Waals surface area contributed by atoms with Gasteiger partial charge in [-0.15, -0.1) is 0 Å². The predicted octanol–water partition coefficient (Wildman–Crippen LogP) is 1.22. The predicted molar refractivity (Wildman–Crippen MR) is 332 cm³/mol. The Bertz CT molecular complexity index is 2990. The highest BCUT2D eigenvalue weighted by molar-refractivity contribution is 8.81. The van der Waals surface area contributed by atoms with Gasteiger partial charge in [-0.25, -0.2) is 4.79 Å². The van der Waals surface area contributed by atoms with E-state index in [2.05, 4.69) is 4.74 Å². The lowest BCUT2D eigenvalue weighted by Gasteiger charge is -2.03. The molecule has 0 aliphatic heterocycles. The number of hydrogen-bond donors (Lipinski definition) is 1. The zero-order valence-electron chi connectivity index (χ0n) is 22.9. The van der Waals surface area contributed by atoms with Crippen LogP contribution in [0.2, 0.25) is 0 Å². The van der Waals surface area contributed by atoms with Crippen LogP contribution in [0.4, 0.5) is 0 Å². The molecule has 0 amide bonds. The molecule has 0 saturated carbocycles. The molecule has 302 valence electrons. The van der Waals surface area contributed by atoms with Gasteiger partial charge in [0.15, 0.2) is 0 Å². The van der Waals surface area contributed by atoms with Crippen molar-refractivity contribution in [2.45, 2.75) is 6.92 Å². The third-order valence-electron chi connectivity index (χ3n) is 2.37. The quantitative estimate of drug-likeness (QED) is 0.356. The largest absolute Gasteiger partial charge is 0.478 e. The lowest BCUT2D eigenvalue weighted by atomic mass is 10.2. The maximum absolute atomic E-state index is 10.6. The molecule has 0 unspecified atom stereocenters. The number of hydrogen-bond acceptors (Lipinski definition) is 5. The Morgan fingerprint density at radius 1 is 0.423 bits per heavy atom. The van der Waals surface area contributed by atoms with Gasteiger partial charge in [-0.3, -0.25) is 4.79 Å². The molecule has 0 atom stereocenters. The summed E-state index contributed by atoms with van der Waals surface area (Å²) in [4.78, 5) is 21.2. The third kappa shape index (κ3) is 46.2. The minimum Gasteiger partial charge on any atom is -0.478 e. The summed E-state index contributed by atoms with van der Waals surface area (Å²) in [7, 11) is 65.6. The number of rotatable bonds is 2. The van der Waals surface area contributed by atoms with Crippen LogP contribution >= 0.6 is 0 Å². The number of aromatic carboxylic acids is 1. The number of carboxylic acids is 1. The summed E-state index contributed by atoms with van der Waals surface area (Å²) in [6, 6.07) is 5.98. The van der Waals surface area contributed by atoms with Crippen molar-refractivity contribution < 1.29 is 19.4 Å². The minimum absolute atomic E-state index is 0.0160. The van der Waals surface area contributed by atoms with Crippen LogP contribution in [0.5, 0.6) is 5.75 Å². The number of para-hydroxylation sites is 1. The maximum atomic E-state index is 10.6. The average Bonchev–Trinajstić information content (AvgIpc) is 3.13. The number of carbonyl (C=O) groups is 2. The van der Waals surface area contributed by atoms with E-state index in [1.54, 1.807) is 119 Å². The summed E-state index contributed by atoms with van der Waals surface area (Å²) in [6.07, 6.45) is 0. The number of ether oxygens (including phenoxy) is 1. The molecule has 0 radical (unpaired) electrons. The molecular weight excluding hydrogens is 1420 g/mol. The highest BCUT2D eigenvalue weighted by Crippen LogP contribution is 2.17. The zero-order valence-corrected chi connectivity index (χ0v) is 54.7. The van der Waals surface area contributed by atoms with E-state index in [9.17, 15) is 9.59 Å². The molecule has 0 aliphatic carbocycles. The molecule has 43 heteroatoms. The van der Waals surface area contributed by atoms with Crippen molar-refractivity contribution in [3.63, 3.8) is 0 Å². The van der Waals surface area contributed by atoms with Gasteiger partial charge in [-0.1, -0.05) is 12.1 Å². The van der Waals surface area contributed by atoms with Crippen LogP contribution in [-0.2, 0) is 356 Å². The fourth-order valence-corrected chi connectivity index (χ4v) is 97.3. The van der Waals surface area contributed by atoms with Gasteiger partial charge in [0, 0.05) is 358 Å². The SMILES string of the molecule is CC(=O)Oc1ccccc1C(=O)O.S=S=S=S=S=S=S=S=S=S=S=S=S=S=S=S=S=S=S=S=S=S=S=S=S=S=S=S=S=S=S=S=S=S=S=S=S=S=S. The van der Waals surface area contributed by atoms with Crippen LogP contribution in [0, 0.1) is 0 Å². The lowest BCUT2D eigenvalue weighted by Crippen LogP contribution is -2.06. The summed E-state index contributed by atoms with van der Waals surface area (Å²) in [5.41, 5.74) is -0.0160. The molecule has 0 spiro atoms. The second kappa shape index (κ2) is 50.4. The van der Waals surface area contributed by atoms with Gasteiger partial charge in [-0.2, -0.15) is 0 Å². The Morgan fingerprint density at radius 2 is 0.635 bits per heavy atom. The molecule has 1 aromatic carbocycles. The van der Waals surface area contributed by atoms with Crippen LogP contribution in [0.3, 0.4) is 0 Å². The zero-order chi connectivity index (χ0) is 38.0. The summed E-state index contributed by atoms with van der Waals surface area (Å²) >= 11 is 9.60. The monoisotopic (exact) mass is 1430 g/mol. The molecule has 0 fully saturated rings. The van der Waals surface area contributed by atoms with Crippen LogP contribution in [0.1, 0.15) is 17.3 Å². The maximum Gasteiger partial charge on any atom is 0.339 e. The van der Waals surface area contributed by atoms with Crippen molar-refractivity contribution in [1.82, 2.24) is 0 Å². The Morgan fingerprint density at radius 3 is 0.827 bits per heavy atom. The first-order chi connectivity index (χ1) is 25.5. The summed E-state index contributed by atoms with van der Waals surface area (Å²) in [5.74, 6) is -1.58. The number of esters is 1. The van der Waals surface area contributed by atoms with Gasteiger partial charge >= 0.3 is 11.9 Å². The molecule has 0 saturated heterocycles. The van der Waals surface area contributed by atoms with E-state index in [-0.39, 0.29) is 11.3 Å². The molecule has 0 aliphatic rings. The Labute approximate surface area is 414 Å². The lowest BCUT2D eigenvalue weighted by molar-refractivity contribution is -0.131. The van der Waals surface area contributed by atoms with Gasteiger partial charge in [0.1, 0.15) is 11.3 Å². The Hall–Kier alpha value is 6.74. The van der Waals surface area contributed by atoms with Crippen LogP contribution < -0.4 is 4.74 Å². The van der Waals surface area contributed by atoms with Crippen molar-refractivity contribution in [3.05, 3.63) is 29.8 Å². The smallest absolute Gasteiger partial charge is 0.339 e. The fraction of sp³-hybridized carbons (Fsp3) is 0.111. The van der Waals surface area contributed by atoms with Crippen molar-refractivity contribution in [2.24, 2.45) is 0 Å². The highest BCUT2D eigenvalue weighted by Gasteiger charge is 2.10. The Kier molecular flexibility index (Phi) is 56.9. The van der Waals surface area contributed by atoms with E-state index in [0.717, 1.165) is 0 Å². The molecular formula is C9H8O4S39. The molecule has 1 N–H and O–H groups in total. The van der Waals surface area contributed by atoms with Gasteiger partial charge in [0.2, 0.25) is 0 Å². The van der Waals surface area contributed by atoms with E-state index in [1.807, 2.05) is 204 Å². The van der Waals surface area contributed by atoms with Gasteiger partial charge in [-0.05, 0) is 12.1 Å². The van der Waals surface area contributed by atoms with Gasteiger partial charge < -0.3 is 9.84 Å². The third-order valence-corrected chi connectivity index (χ3v) is 82.4. The second-order valence-corrected chi connectivity index (χ2v) is 70.4. The number of carboxylic acid groups (broad SMARTS) is 1. The first-order valence-corrected chi connectivity index (χ1v) is 60.6. The number of carbonyl (C=O) groups excluding carboxylic acids is 1. The molecule has 0 aromatic heterocycles. The van der Waals surface area contributed by atoms with E-state index < -0.39 is 11.9 Å². The summed E-state index contributed by atoms with van der Waals surface area (Å²) in [6.45, 7) is 1.22. The first-order valence-electron chi connectivity index (χ1n) is 9.95. The van der Waals surface area contributed by atoms with Crippen LogP contribution in [0.25, 0.3) is 0 Å². The molecule has 4 nitrogen and oxygen atoms in total.